The Balaban J connectivity index is 0.00000110. The van der Waals surface area contributed by atoms with Gasteiger partial charge in [0.05, 0.1) is 0 Å². The molecule has 0 amide bonds. The lowest BCUT2D eigenvalue weighted by Crippen LogP contribution is -3.00. The summed E-state index contributed by atoms with van der Waals surface area (Å²) in [5.74, 6) is 1.04. The summed E-state index contributed by atoms with van der Waals surface area (Å²) >= 11 is 1.81. The fraction of sp³-hybridized carbons (Fsp3) is 0.200. The van der Waals surface area contributed by atoms with Crippen LogP contribution >= 0.6 is 11.3 Å². The Labute approximate surface area is 140 Å². The van der Waals surface area contributed by atoms with Crippen molar-refractivity contribution in [1.29, 1.82) is 0 Å². The van der Waals surface area contributed by atoms with E-state index in [0.29, 0.717) is 0 Å². The number of fused-ring (bicyclic) bond motifs is 1. The summed E-state index contributed by atoms with van der Waals surface area (Å²) in [4.78, 5) is 10.3. The summed E-state index contributed by atoms with van der Waals surface area (Å²) in [6.07, 6.45) is 2.84. The van der Waals surface area contributed by atoms with Gasteiger partial charge in [0.15, 0.2) is 4.83 Å². The summed E-state index contributed by atoms with van der Waals surface area (Å²) in [7, 11) is 0. The number of hydrogen-bond acceptors (Lipinski definition) is 2. The number of hydrogen-bond donors (Lipinski definition) is 1. The van der Waals surface area contributed by atoms with Crippen LogP contribution in [0, 0.1) is 6.92 Å². The lowest BCUT2D eigenvalue weighted by Gasteiger charge is -1.96. The van der Waals surface area contributed by atoms with E-state index in [1.165, 1.54) is 26.3 Å². The molecule has 0 unspecified atom stereocenters. The van der Waals surface area contributed by atoms with E-state index < -0.39 is 0 Å². The SMILES string of the molecule is CCc1cc2c([NH2+]c3ccc(C)cc3)nc[nH+]c2s1.[Cl-].[Cl-]. The van der Waals surface area contributed by atoms with E-state index >= 15 is 0 Å². The number of thiophene rings is 1. The Kier molecular flexibility index (Phi) is 6.55. The molecule has 0 saturated heterocycles. The van der Waals surface area contributed by atoms with Crippen molar-refractivity contribution in [3.05, 3.63) is 47.1 Å². The van der Waals surface area contributed by atoms with Crippen LogP contribution in [0.3, 0.4) is 0 Å². The lowest BCUT2D eigenvalue weighted by molar-refractivity contribution is -0.483. The number of rotatable bonds is 3. The van der Waals surface area contributed by atoms with E-state index in [1.54, 1.807) is 6.33 Å². The second-order valence-corrected chi connectivity index (χ2v) is 5.79. The second-order valence-electron chi connectivity index (χ2n) is 4.65. The molecule has 112 valence electrons. The molecule has 2 heterocycles. The third kappa shape index (κ3) is 3.92. The van der Waals surface area contributed by atoms with Gasteiger partial charge < -0.3 is 24.8 Å². The van der Waals surface area contributed by atoms with Crippen molar-refractivity contribution in [2.24, 2.45) is 0 Å². The summed E-state index contributed by atoms with van der Waals surface area (Å²) in [6, 6.07) is 10.8. The van der Waals surface area contributed by atoms with Crippen molar-refractivity contribution in [3.8, 4) is 0 Å². The fourth-order valence-corrected chi connectivity index (χ4v) is 3.05. The third-order valence-corrected chi connectivity index (χ3v) is 4.40. The Bertz CT molecular complexity index is 711. The Morgan fingerprint density at radius 2 is 1.90 bits per heavy atom. The van der Waals surface area contributed by atoms with Gasteiger partial charge in [-0.2, -0.15) is 0 Å². The highest BCUT2D eigenvalue weighted by molar-refractivity contribution is 7.18. The predicted molar refractivity (Wildman–Crippen MR) is 78.0 cm³/mol. The molecule has 2 aromatic heterocycles. The molecule has 0 aliphatic heterocycles. The molecule has 0 saturated carbocycles. The number of quaternary nitrogens is 1. The first-order valence-electron chi connectivity index (χ1n) is 6.47. The molecule has 3 nitrogen and oxygen atoms in total. The number of benzene rings is 1. The van der Waals surface area contributed by atoms with Gasteiger partial charge in [-0.3, -0.25) is 0 Å². The van der Waals surface area contributed by atoms with Gasteiger partial charge in [-0.05, 0) is 31.5 Å². The number of nitrogens with two attached hydrogens (primary N) is 1. The number of H-pyrrole nitrogens is 1. The van der Waals surface area contributed by atoms with Gasteiger partial charge in [0.1, 0.15) is 11.1 Å². The Morgan fingerprint density at radius 1 is 1.19 bits per heavy atom. The average molecular weight is 342 g/mol. The van der Waals surface area contributed by atoms with Gasteiger partial charge in [-0.15, -0.1) is 0 Å². The van der Waals surface area contributed by atoms with Crippen LogP contribution in [0.1, 0.15) is 17.4 Å². The van der Waals surface area contributed by atoms with E-state index in [0.717, 1.165) is 12.2 Å². The van der Waals surface area contributed by atoms with Crippen LogP contribution in [-0.2, 0) is 6.42 Å². The summed E-state index contributed by atoms with van der Waals surface area (Å²) in [6.45, 7) is 4.28. The minimum Gasteiger partial charge on any atom is -1.00 e. The minimum atomic E-state index is 0. The van der Waals surface area contributed by atoms with Gasteiger partial charge in [0, 0.05) is 9.86 Å². The highest BCUT2D eigenvalue weighted by Gasteiger charge is 2.17. The van der Waals surface area contributed by atoms with Crippen molar-refractivity contribution in [2.45, 2.75) is 20.3 Å². The summed E-state index contributed by atoms with van der Waals surface area (Å²) < 4.78 is 0. The van der Waals surface area contributed by atoms with Crippen molar-refractivity contribution in [2.75, 3.05) is 0 Å². The van der Waals surface area contributed by atoms with Gasteiger partial charge in [-0.25, -0.2) is 10.3 Å². The number of aromatic amines is 1. The van der Waals surface area contributed by atoms with Gasteiger partial charge in [0.25, 0.3) is 6.33 Å². The van der Waals surface area contributed by atoms with Gasteiger partial charge >= 0.3 is 5.82 Å². The zero-order chi connectivity index (χ0) is 13.2. The normalized spacial score (nSPS) is 10.0. The van der Waals surface area contributed by atoms with Crippen molar-refractivity contribution in [3.63, 3.8) is 0 Å². The zero-order valence-corrected chi connectivity index (χ0v) is 14.2. The minimum absolute atomic E-state index is 0. The number of nitrogens with zero attached hydrogens (tertiary/aromatic N) is 1. The molecule has 3 aromatic rings. The number of aryl methyl sites for hydroxylation is 2. The van der Waals surface area contributed by atoms with Crippen LogP contribution in [0.4, 0.5) is 11.5 Å². The van der Waals surface area contributed by atoms with E-state index in [1.807, 2.05) is 11.3 Å². The number of halogens is 2. The highest BCUT2D eigenvalue weighted by Crippen LogP contribution is 2.25. The Morgan fingerprint density at radius 3 is 2.57 bits per heavy atom. The molecule has 3 N–H and O–H groups in total. The molecular formula is C15H17Cl2N3S. The zero-order valence-electron chi connectivity index (χ0n) is 11.9. The van der Waals surface area contributed by atoms with Crippen LogP contribution in [0.2, 0.25) is 0 Å². The molecule has 0 atom stereocenters. The molecule has 0 fully saturated rings. The van der Waals surface area contributed by atoms with E-state index in [2.05, 4.69) is 59.5 Å². The summed E-state index contributed by atoms with van der Waals surface area (Å²) in [5, 5.41) is 3.35. The maximum Gasteiger partial charge on any atom is 0.349 e. The third-order valence-electron chi connectivity index (χ3n) is 3.19. The second kappa shape index (κ2) is 7.71. The molecule has 6 heteroatoms. The topological polar surface area (TPSA) is 43.6 Å². The molecule has 0 radical (unpaired) electrons. The number of nitrogens with one attached hydrogen (secondary N) is 1. The van der Waals surface area contributed by atoms with Gasteiger partial charge in [0.2, 0.25) is 0 Å². The van der Waals surface area contributed by atoms with Crippen LogP contribution < -0.4 is 35.1 Å². The maximum absolute atomic E-state index is 4.47. The fourth-order valence-electron chi connectivity index (χ4n) is 2.08. The largest absolute Gasteiger partial charge is 1.00 e. The highest BCUT2D eigenvalue weighted by atomic mass is 35.5. The van der Waals surface area contributed by atoms with Crippen LogP contribution in [0.15, 0.2) is 36.7 Å². The molecule has 0 aliphatic carbocycles. The standard InChI is InChI=1S/C15H15N3S.2ClH/c1-3-12-8-13-14(16-9-17-15(13)19-12)18-11-6-4-10(2)5-7-11;;/h4-9H,3H2,1-2H3,(H,16,17,18);2*1H. The first-order valence-corrected chi connectivity index (χ1v) is 7.28. The molecule has 21 heavy (non-hydrogen) atoms. The quantitative estimate of drug-likeness (QED) is 0.494. The first-order chi connectivity index (χ1) is 9.26. The van der Waals surface area contributed by atoms with Crippen molar-refractivity contribution in [1.82, 2.24) is 4.98 Å². The Hall–Kier alpha value is -1.20. The molecule has 3 rings (SSSR count). The van der Waals surface area contributed by atoms with E-state index in [4.69, 9.17) is 0 Å². The average Bonchev–Trinajstić information content (AvgIpc) is 2.85. The number of aromatic nitrogens is 2. The molecule has 0 bridgehead atoms. The van der Waals surface area contributed by atoms with E-state index in [9.17, 15) is 0 Å². The monoisotopic (exact) mass is 341 g/mol. The van der Waals surface area contributed by atoms with Crippen LogP contribution in [-0.4, -0.2) is 4.98 Å². The lowest BCUT2D eigenvalue weighted by atomic mass is 10.2. The van der Waals surface area contributed by atoms with Crippen molar-refractivity contribution >= 4 is 33.1 Å². The smallest absolute Gasteiger partial charge is 0.349 e. The maximum atomic E-state index is 4.47. The molecule has 0 aliphatic rings. The van der Waals surface area contributed by atoms with Crippen molar-refractivity contribution < 1.29 is 35.1 Å². The summed E-state index contributed by atoms with van der Waals surface area (Å²) in [5.41, 5.74) is 2.47. The van der Waals surface area contributed by atoms with Crippen LogP contribution in [0.5, 0.6) is 0 Å². The molecule has 0 spiro atoms. The van der Waals surface area contributed by atoms with Crippen LogP contribution in [0.25, 0.3) is 10.2 Å². The molecular weight excluding hydrogens is 325 g/mol. The van der Waals surface area contributed by atoms with Gasteiger partial charge in [-0.1, -0.05) is 36.0 Å². The first kappa shape index (κ1) is 17.9. The molecule has 1 aromatic carbocycles. The predicted octanol–water partition coefficient (Wildman–Crippen LogP) is -3.48. The van der Waals surface area contributed by atoms with E-state index in [-0.39, 0.29) is 24.8 Å².